The number of hydrogen-bond acceptors (Lipinski definition) is 6. The van der Waals surface area contributed by atoms with Crippen molar-refractivity contribution < 1.29 is 5.11 Å². The van der Waals surface area contributed by atoms with Crippen molar-refractivity contribution in [3.05, 3.63) is 59.7 Å². The molecular weight excluding hydrogens is 302 g/mol. The molecule has 118 valence electrons. The molecule has 0 radical (unpaired) electrons. The van der Waals surface area contributed by atoms with Crippen molar-refractivity contribution in [3.8, 4) is 34.5 Å². The fraction of sp³-hybridized carbons (Fsp3) is 0.0556. The van der Waals surface area contributed by atoms with E-state index >= 15 is 0 Å². The summed E-state index contributed by atoms with van der Waals surface area (Å²) in [6, 6.07) is 16.2. The molecule has 6 nitrogen and oxygen atoms in total. The van der Waals surface area contributed by atoms with Crippen LogP contribution in [-0.2, 0) is 6.54 Å². The third-order valence-electron chi connectivity index (χ3n) is 3.63. The van der Waals surface area contributed by atoms with Crippen molar-refractivity contribution in [3.63, 3.8) is 0 Å². The molecule has 2 aromatic carbocycles. The molecule has 3 rings (SSSR count). The summed E-state index contributed by atoms with van der Waals surface area (Å²) in [5, 5.41) is 19.4. The Hall–Kier alpha value is -3.43. The fourth-order valence-corrected chi connectivity index (χ4v) is 2.43. The number of anilines is 1. The second kappa shape index (κ2) is 6.36. The Bertz CT molecular complexity index is 946. The molecule has 0 aliphatic heterocycles. The van der Waals surface area contributed by atoms with E-state index in [4.69, 9.17) is 11.5 Å². The van der Waals surface area contributed by atoms with Crippen LogP contribution in [0.15, 0.2) is 48.5 Å². The van der Waals surface area contributed by atoms with Gasteiger partial charge in [0.25, 0.3) is 0 Å². The number of nitrogen functional groups attached to an aromatic ring is 1. The van der Waals surface area contributed by atoms with Crippen LogP contribution in [0.2, 0.25) is 0 Å². The third-order valence-corrected chi connectivity index (χ3v) is 3.63. The van der Waals surface area contributed by atoms with E-state index in [2.05, 4.69) is 9.97 Å². The SMILES string of the molecule is N#Cc1c(N)nc(-c2ccccc2O)nc1-c1cccc(CN)c1. The normalized spacial score (nSPS) is 10.3. The molecule has 0 saturated carbocycles. The summed E-state index contributed by atoms with van der Waals surface area (Å²) < 4.78 is 0. The molecule has 6 heteroatoms. The highest BCUT2D eigenvalue weighted by Gasteiger charge is 2.16. The molecular formula is C18H15N5O. The van der Waals surface area contributed by atoms with Crippen LogP contribution in [0.25, 0.3) is 22.6 Å². The van der Waals surface area contributed by atoms with Gasteiger partial charge in [0, 0.05) is 12.1 Å². The van der Waals surface area contributed by atoms with Gasteiger partial charge in [0.1, 0.15) is 23.2 Å². The molecule has 0 fully saturated rings. The average Bonchev–Trinajstić information content (AvgIpc) is 2.61. The number of aromatic hydroxyl groups is 1. The number of nitrogens with two attached hydrogens (primary N) is 2. The zero-order chi connectivity index (χ0) is 17.1. The van der Waals surface area contributed by atoms with Gasteiger partial charge in [-0.05, 0) is 23.8 Å². The molecule has 0 aliphatic carbocycles. The zero-order valence-corrected chi connectivity index (χ0v) is 12.8. The van der Waals surface area contributed by atoms with Gasteiger partial charge in [-0.2, -0.15) is 5.26 Å². The van der Waals surface area contributed by atoms with Crippen molar-refractivity contribution in [1.29, 1.82) is 5.26 Å². The number of rotatable bonds is 3. The monoisotopic (exact) mass is 317 g/mol. The molecule has 0 saturated heterocycles. The van der Waals surface area contributed by atoms with Gasteiger partial charge in [-0.15, -0.1) is 0 Å². The lowest BCUT2D eigenvalue weighted by Crippen LogP contribution is -2.04. The zero-order valence-electron chi connectivity index (χ0n) is 12.8. The highest BCUT2D eigenvalue weighted by molar-refractivity contribution is 5.76. The van der Waals surface area contributed by atoms with Gasteiger partial charge >= 0.3 is 0 Å². The maximum atomic E-state index is 10.0. The summed E-state index contributed by atoms with van der Waals surface area (Å²) in [5.41, 5.74) is 14.3. The molecule has 1 heterocycles. The van der Waals surface area contributed by atoms with Crippen LogP contribution in [-0.4, -0.2) is 15.1 Å². The van der Waals surface area contributed by atoms with E-state index in [0.29, 0.717) is 17.8 Å². The number of hydrogen-bond donors (Lipinski definition) is 3. The topological polar surface area (TPSA) is 122 Å². The highest BCUT2D eigenvalue weighted by Crippen LogP contribution is 2.31. The standard InChI is InChI=1S/C18H15N5O/c19-9-11-4-3-5-12(8-11)16-14(10-20)17(21)23-18(22-16)13-6-1-2-7-15(13)24/h1-8,24H,9,19H2,(H2,21,22,23). The summed E-state index contributed by atoms with van der Waals surface area (Å²) in [4.78, 5) is 8.63. The maximum absolute atomic E-state index is 10.0. The van der Waals surface area contributed by atoms with Gasteiger partial charge < -0.3 is 16.6 Å². The minimum Gasteiger partial charge on any atom is -0.507 e. The predicted molar refractivity (Wildman–Crippen MR) is 91.6 cm³/mol. The summed E-state index contributed by atoms with van der Waals surface area (Å²) in [6.07, 6.45) is 0. The molecule has 0 unspecified atom stereocenters. The van der Waals surface area contributed by atoms with E-state index < -0.39 is 0 Å². The quantitative estimate of drug-likeness (QED) is 0.682. The van der Waals surface area contributed by atoms with Crippen molar-refractivity contribution in [2.24, 2.45) is 5.73 Å². The first-order valence-electron chi connectivity index (χ1n) is 7.29. The van der Waals surface area contributed by atoms with E-state index in [1.165, 1.54) is 0 Å². The van der Waals surface area contributed by atoms with Crippen LogP contribution in [0.3, 0.4) is 0 Å². The molecule has 3 aromatic rings. The summed E-state index contributed by atoms with van der Waals surface area (Å²) >= 11 is 0. The number of nitriles is 1. The summed E-state index contributed by atoms with van der Waals surface area (Å²) in [5.74, 6) is 0.375. The number of aromatic nitrogens is 2. The van der Waals surface area contributed by atoms with Crippen molar-refractivity contribution in [1.82, 2.24) is 9.97 Å². The Kier molecular flexibility index (Phi) is 4.10. The number of phenolic OH excluding ortho intramolecular Hbond substituents is 1. The molecule has 0 spiro atoms. The average molecular weight is 317 g/mol. The molecule has 0 amide bonds. The van der Waals surface area contributed by atoms with Gasteiger partial charge in [0.2, 0.25) is 0 Å². The van der Waals surface area contributed by atoms with E-state index in [0.717, 1.165) is 11.1 Å². The summed E-state index contributed by atoms with van der Waals surface area (Å²) in [6.45, 7) is 0.378. The first-order valence-corrected chi connectivity index (χ1v) is 7.29. The maximum Gasteiger partial charge on any atom is 0.165 e. The van der Waals surface area contributed by atoms with Crippen LogP contribution in [0.5, 0.6) is 5.75 Å². The third kappa shape index (κ3) is 2.76. The largest absolute Gasteiger partial charge is 0.507 e. The first-order chi connectivity index (χ1) is 11.6. The Morgan fingerprint density at radius 2 is 1.88 bits per heavy atom. The van der Waals surface area contributed by atoms with Gasteiger partial charge in [-0.25, -0.2) is 9.97 Å². The smallest absolute Gasteiger partial charge is 0.165 e. The van der Waals surface area contributed by atoms with E-state index in [-0.39, 0.29) is 23.0 Å². The van der Waals surface area contributed by atoms with Crippen LogP contribution in [0, 0.1) is 11.3 Å². The lowest BCUT2D eigenvalue weighted by molar-refractivity contribution is 0.477. The van der Waals surface area contributed by atoms with Crippen LogP contribution < -0.4 is 11.5 Å². The van der Waals surface area contributed by atoms with Crippen molar-refractivity contribution >= 4 is 5.82 Å². The molecule has 24 heavy (non-hydrogen) atoms. The highest BCUT2D eigenvalue weighted by atomic mass is 16.3. The first kappa shape index (κ1) is 15.5. The van der Waals surface area contributed by atoms with Gasteiger partial charge in [0.05, 0.1) is 11.3 Å². The molecule has 5 N–H and O–H groups in total. The second-order valence-corrected chi connectivity index (χ2v) is 5.19. The fourth-order valence-electron chi connectivity index (χ4n) is 2.43. The number of para-hydroxylation sites is 1. The van der Waals surface area contributed by atoms with Crippen molar-refractivity contribution in [2.75, 3.05) is 5.73 Å². The Labute approximate surface area is 139 Å². The predicted octanol–water partition coefficient (Wildman–Crippen LogP) is 2.43. The van der Waals surface area contributed by atoms with E-state index in [1.54, 1.807) is 24.3 Å². The van der Waals surface area contributed by atoms with Gasteiger partial charge in [-0.3, -0.25) is 0 Å². The van der Waals surface area contributed by atoms with Crippen molar-refractivity contribution in [2.45, 2.75) is 6.54 Å². The Balaban J connectivity index is 2.25. The Morgan fingerprint density at radius 1 is 1.08 bits per heavy atom. The van der Waals surface area contributed by atoms with Gasteiger partial charge in [-0.1, -0.05) is 30.3 Å². The summed E-state index contributed by atoms with van der Waals surface area (Å²) in [7, 11) is 0. The second-order valence-electron chi connectivity index (χ2n) is 5.19. The molecule has 0 bridgehead atoms. The van der Waals surface area contributed by atoms with Gasteiger partial charge in [0.15, 0.2) is 5.82 Å². The number of nitrogens with zero attached hydrogens (tertiary/aromatic N) is 3. The van der Waals surface area contributed by atoms with Crippen LogP contribution >= 0.6 is 0 Å². The number of phenols is 1. The molecule has 1 aromatic heterocycles. The minimum atomic E-state index is 0.0447. The Morgan fingerprint density at radius 3 is 2.58 bits per heavy atom. The van der Waals surface area contributed by atoms with Crippen LogP contribution in [0.1, 0.15) is 11.1 Å². The minimum absolute atomic E-state index is 0.0447. The van der Waals surface area contributed by atoms with Crippen LogP contribution in [0.4, 0.5) is 5.82 Å². The lowest BCUT2D eigenvalue weighted by Gasteiger charge is -2.10. The molecule has 0 aliphatic rings. The lowest BCUT2D eigenvalue weighted by atomic mass is 10.0. The van der Waals surface area contributed by atoms with E-state index in [1.807, 2.05) is 30.3 Å². The van der Waals surface area contributed by atoms with E-state index in [9.17, 15) is 10.4 Å². The number of benzene rings is 2. The molecule has 0 atom stereocenters.